The fourth-order valence-electron chi connectivity index (χ4n) is 5.19. The van der Waals surface area contributed by atoms with E-state index in [0.29, 0.717) is 17.9 Å². The van der Waals surface area contributed by atoms with Gasteiger partial charge in [0.1, 0.15) is 17.1 Å². The minimum Gasteiger partial charge on any atom is -0.487 e. The van der Waals surface area contributed by atoms with Crippen LogP contribution in [-0.4, -0.2) is 17.7 Å². The molecule has 0 radical (unpaired) electrons. The molecular weight excluding hydrogens is 465 g/mol. The number of rotatable bonds is 13. The van der Waals surface area contributed by atoms with Gasteiger partial charge in [-0.3, -0.25) is 0 Å². The molecule has 206 valence electrons. The van der Waals surface area contributed by atoms with Crippen molar-refractivity contribution in [1.82, 2.24) is 0 Å². The van der Waals surface area contributed by atoms with Crippen molar-refractivity contribution in [2.45, 2.75) is 131 Å². The second-order valence-corrected chi connectivity index (χ2v) is 11.9. The second-order valence-electron chi connectivity index (χ2n) is 11.9. The number of hydrogen-bond acceptors (Lipinski definition) is 3. The molecular formula is C30H47F3O3. The predicted molar refractivity (Wildman–Crippen MR) is 140 cm³/mol. The van der Waals surface area contributed by atoms with Crippen molar-refractivity contribution < 1.29 is 27.4 Å². The molecule has 0 spiro atoms. The molecule has 0 saturated carbocycles. The van der Waals surface area contributed by atoms with E-state index in [4.69, 9.17) is 4.74 Å². The van der Waals surface area contributed by atoms with Crippen LogP contribution in [0.1, 0.15) is 116 Å². The van der Waals surface area contributed by atoms with E-state index in [1.807, 2.05) is 6.92 Å². The molecule has 36 heavy (non-hydrogen) atoms. The normalized spacial score (nSPS) is 19.5. The van der Waals surface area contributed by atoms with E-state index in [0.717, 1.165) is 48.0 Å². The van der Waals surface area contributed by atoms with Crippen molar-refractivity contribution in [3.63, 3.8) is 0 Å². The number of aryl methyl sites for hydroxylation is 1. The summed E-state index contributed by atoms with van der Waals surface area (Å²) in [5.41, 5.74) is 1.75. The summed E-state index contributed by atoms with van der Waals surface area (Å²) in [4.78, 5) is 11.3. The van der Waals surface area contributed by atoms with Gasteiger partial charge >= 0.3 is 12.1 Å². The number of halogens is 3. The lowest BCUT2D eigenvalue weighted by Gasteiger charge is -2.37. The molecule has 1 heterocycles. The number of esters is 1. The maximum Gasteiger partial charge on any atom is 0.491 e. The third-order valence-corrected chi connectivity index (χ3v) is 7.85. The molecule has 1 aromatic carbocycles. The number of alkyl halides is 3. The summed E-state index contributed by atoms with van der Waals surface area (Å²) in [6, 6.07) is 1.53. The van der Waals surface area contributed by atoms with E-state index >= 15 is 0 Å². The van der Waals surface area contributed by atoms with E-state index in [1.54, 1.807) is 6.92 Å². The van der Waals surface area contributed by atoms with Crippen molar-refractivity contribution in [3.05, 3.63) is 22.8 Å². The maximum absolute atomic E-state index is 12.7. The standard InChI is InChI=1S/C30H47F3O3/c1-20(2)11-8-12-21(3)13-9-14-22(4)15-10-17-29(7)18-16-25-19-26(35-28(34)30(31,32)33)23(5)24(6)27(25)36-29/h19-22H,8-18H2,1-7H3. The lowest BCUT2D eigenvalue weighted by atomic mass is 9.85. The smallest absolute Gasteiger partial charge is 0.487 e. The summed E-state index contributed by atoms with van der Waals surface area (Å²) >= 11 is 0. The molecule has 1 aromatic rings. The van der Waals surface area contributed by atoms with Gasteiger partial charge in [-0.15, -0.1) is 0 Å². The Kier molecular flexibility index (Phi) is 11.2. The second kappa shape index (κ2) is 13.2. The van der Waals surface area contributed by atoms with Crippen LogP contribution in [0, 0.1) is 31.6 Å². The van der Waals surface area contributed by atoms with Gasteiger partial charge in [-0.1, -0.05) is 72.6 Å². The first-order chi connectivity index (χ1) is 16.7. The highest BCUT2D eigenvalue weighted by Gasteiger charge is 2.42. The van der Waals surface area contributed by atoms with Crippen molar-refractivity contribution in [2.24, 2.45) is 17.8 Å². The third-order valence-electron chi connectivity index (χ3n) is 7.85. The van der Waals surface area contributed by atoms with E-state index in [-0.39, 0.29) is 11.4 Å². The van der Waals surface area contributed by atoms with Crippen LogP contribution < -0.4 is 9.47 Å². The zero-order valence-electron chi connectivity index (χ0n) is 23.4. The Balaban J connectivity index is 1.83. The largest absolute Gasteiger partial charge is 0.491 e. The summed E-state index contributed by atoms with van der Waals surface area (Å²) in [5.74, 6) is 0.809. The van der Waals surface area contributed by atoms with Crippen LogP contribution >= 0.6 is 0 Å². The number of benzene rings is 1. The van der Waals surface area contributed by atoms with Crippen molar-refractivity contribution >= 4 is 5.97 Å². The van der Waals surface area contributed by atoms with Gasteiger partial charge in [-0.2, -0.15) is 13.2 Å². The van der Waals surface area contributed by atoms with Crippen molar-refractivity contribution in [2.75, 3.05) is 0 Å². The molecule has 3 unspecified atom stereocenters. The zero-order chi connectivity index (χ0) is 27.1. The lowest BCUT2D eigenvalue weighted by molar-refractivity contribution is -0.189. The van der Waals surface area contributed by atoms with Crippen LogP contribution in [0.3, 0.4) is 0 Å². The van der Waals surface area contributed by atoms with Gasteiger partial charge in [0.2, 0.25) is 0 Å². The summed E-state index contributed by atoms with van der Waals surface area (Å²) in [6.45, 7) is 14.9. The average molecular weight is 513 g/mol. The number of fused-ring (bicyclic) bond motifs is 1. The molecule has 3 atom stereocenters. The molecule has 3 nitrogen and oxygen atoms in total. The van der Waals surface area contributed by atoms with E-state index in [2.05, 4.69) is 39.4 Å². The SMILES string of the molecule is Cc1c(OC(=O)C(F)(F)F)cc2c(c1C)OC(C)(CCCC(C)CCCC(C)CCCC(C)C)CC2. The Hall–Kier alpha value is -1.72. The summed E-state index contributed by atoms with van der Waals surface area (Å²) in [7, 11) is 0. The van der Waals surface area contributed by atoms with Crippen LogP contribution in [0.5, 0.6) is 11.5 Å². The maximum atomic E-state index is 12.7. The molecule has 0 amide bonds. The summed E-state index contributed by atoms with van der Waals surface area (Å²) in [5, 5.41) is 0. The summed E-state index contributed by atoms with van der Waals surface area (Å²) in [6.07, 6.45) is 7.58. The van der Waals surface area contributed by atoms with Crippen LogP contribution in [0.25, 0.3) is 0 Å². The van der Waals surface area contributed by atoms with Gasteiger partial charge in [0.15, 0.2) is 0 Å². The molecule has 2 rings (SSSR count). The van der Waals surface area contributed by atoms with Gasteiger partial charge in [0.05, 0.1) is 0 Å². The number of hydrogen-bond donors (Lipinski definition) is 0. The summed E-state index contributed by atoms with van der Waals surface area (Å²) < 4.78 is 49.1. The average Bonchev–Trinajstić information content (AvgIpc) is 2.77. The zero-order valence-corrected chi connectivity index (χ0v) is 23.4. The van der Waals surface area contributed by atoms with Gasteiger partial charge in [0, 0.05) is 0 Å². The van der Waals surface area contributed by atoms with Gasteiger partial charge in [-0.25, -0.2) is 4.79 Å². The van der Waals surface area contributed by atoms with Crippen molar-refractivity contribution in [3.8, 4) is 11.5 Å². The predicted octanol–water partition coefficient (Wildman–Crippen LogP) is 9.29. The quantitative estimate of drug-likeness (QED) is 0.195. The van der Waals surface area contributed by atoms with Gasteiger partial charge in [0.25, 0.3) is 0 Å². The number of ether oxygens (including phenoxy) is 2. The number of carbonyl (C=O) groups is 1. The van der Waals surface area contributed by atoms with Crippen molar-refractivity contribution in [1.29, 1.82) is 0 Å². The Morgan fingerprint density at radius 2 is 1.53 bits per heavy atom. The Morgan fingerprint density at radius 1 is 0.972 bits per heavy atom. The molecule has 0 aromatic heterocycles. The molecule has 0 saturated heterocycles. The lowest BCUT2D eigenvalue weighted by Crippen LogP contribution is -2.37. The van der Waals surface area contributed by atoms with Crippen LogP contribution in [0.2, 0.25) is 0 Å². The molecule has 0 fully saturated rings. The topological polar surface area (TPSA) is 35.5 Å². The Morgan fingerprint density at radius 3 is 2.08 bits per heavy atom. The fraction of sp³-hybridized carbons (Fsp3) is 0.767. The molecule has 0 bridgehead atoms. The molecule has 0 aliphatic carbocycles. The monoisotopic (exact) mass is 512 g/mol. The number of carbonyl (C=O) groups excluding carboxylic acids is 1. The van der Waals surface area contributed by atoms with E-state index < -0.39 is 12.1 Å². The van der Waals surface area contributed by atoms with Crippen LogP contribution in [0.15, 0.2) is 6.07 Å². The van der Waals surface area contributed by atoms with Crippen LogP contribution in [0.4, 0.5) is 13.2 Å². The molecule has 0 N–H and O–H groups in total. The first-order valence-electron chi connectivity index (χ1n) is 13.8. The Labute approximate surface area is 216 Å². The molecule has 1 aliphatic rings. The van der Waals surface area contributed by atoms with Crippen LogP contribution in [-0.2, 0) is 11.2 Å². The highest BCUT2D eigenvalue weighted by atomic mass is 19.4. The van der Waals surface area contributed by atoms with Gasteiger partial charge < -0.3 is 9.47 Å². The van der Waals surface area contributed by atoms with E-state index in [1.165, 1.54) is 51.0 Å². The Bertz CT molecular complexity index is 862. The van der Waals surface area contributed by atoms with Gasteiger partial charge in [-0.05, 0) is 87.0 Å². The van der Waals surface area contributed by atoms with E-state index in [9.17, 15) is 18.0 Å². The molecule has 6 heteroatoms. The minimum atomic E-state index is -5.02. The molecule has 1 aliphatic heterocycles. The highest BCUT2D eigenvalue weighted by molar-refractivity contribution is 5.78. The first-order valence-corrected chi connectivity index (χ1v) is 13.8. The highest BCUT2D eigenvalue weighted by Crippen LogP contribution is 2.42. The fourth-order valence-corrected chi connectivity index (χ4v) is 5.19. The minimum absolute atomic E-state index is 0.0381. The first kappa shape index (κ1) is 30.5. The third kappa shape index (κ3) is 9.30.